The van der Waals surface area contributed by atoms with Crippen molar-refractivity contribution in [3.05, 3.63) is 252 Å². The van der Waals surface area contributed by atoms with Gasteiger partial charge in [-0.15, -0.1) is 0 Å². The molecule has 12 rings (SSSR count). The zero-order chi connectivity index (χ0) is 65.0. The van der Waals surface area contributed by atoms with Gasteiger partial charge in [0.05, 0.1) is 70.3 Å². The third-order valence-corrected chi connectivity index (χ3v) is 18.8. The molecule has 0 bridgehead atoms. The highest BCUT2D eigenvalue weighted by Gasteiger charge is 2.32. The van der Waals surface area contributed by atoms with Gasteiger partial charge in [-0.3, -0.25) is 19.9 Å². The van der Waals surface area contributed by atoms with Crippen LogP contribution in [0.4, 0.5) is 68.2 Å². The predicted molar refractivity (Wildman–Crippen MR) is 392 cm³/mol. The van der Waals surface area contributed by atoms with E-state index in [9.17, 15) is 0 Å². The molecule has 0 fully saturated rings. The fraction of sp³-hybridized carbons (Fsp3) is 0.286. The van der Waals surface area contributed by atoms with Crippen LogP contribution in [0, 0.1) is 0 Å². The molecule has 4 aromatic heterocycles. The number of hydrogen-bond donors (Lipinski definition) is 0. The first-order valence-electron chi connectivity index (χ1n) is 33.1. The van der Waals surface area contributed by atoms with Crippen LogP contribution >= 0.6 is 0 Å². The Labute approximate surface area is 547 Å². The van der Waals surface area contributed by atoms with E-state index in [4.69, 9.17) is 19.9 Å². The van der Waals surface area contributed by atoms with Crippen molar-refractivity contribution in [1.29, 1.82) is 0 Å². The largest absolute Gasteiger partial charge is 0.308 e. The smallest absolute Gasteiger partial charge is 0.0677 e. The SMILES string of the molecule is CCc1ccncc1N(c1ccc(C(C)(C)C)cc1)c1cc(N(c2ccc(C(C)(C)C)cc2)c2cnccc2CC)c2ccc3c(N(c4ccc(C(C)(C)C)cc4)c4cnccc4CC)cc(N(c4ccc(C(C)(C)C)cc4)c4cnccc4CC)c4ccc1c2c43. The van der Waals surface area contributed by atoms with Crippen LogP contribution < -0.4 is 19.6 Å². The Bertz CT molecular complexity index is 4010. The van der Waals surface area contributed by atoms with Crippen LogP contribution in [0.3, 0.4) is 0 Å². The van der Waals surface area contributed by atoms with E-state index in [-0.39, 0.29) is 21.7 Å². The van der Waals surface area contributed by atoms with E-state index in [2.05, 4.69) is 313 Å². The molecule has 8 nitrogen and oxygen atoms in total. The van der Waals surface area contributed by atoms with Crippen LogP contribution in [0.2, 0.25) is 0 Å². The lowest BCUT2D eigenvalue weighted by Gasteiger charge is -2.35. The lowest BCUT2D eigenvalue weighted by atomic mass is 9.86. The second kappa shape index (κ2) is 24.7. The van der Waals surface area contributed by atoms with Gasteiger partial charge in [-0.1, -0.05) is 184 Å². The normalized spacial score (nSPS) is 12.3. The molecule has 0 aliphatic heterocycles. The minimum Gasteiger partial charge on any atom is -0.308 e. The summed E-state index contributed by atoms with van der Waals surface area (Å²) in [5.41, 5.74) is 22.0. The van der Waals surface area contributed by atoms with Gasteiger partial charge in [0.25, 0.3) is 0 Å². The van der Waals surface area contributed by atoms with E-state index >= 15 is 0 Å². The van der Waals surface area contributed by atoms with Crippen LogP contribution in [-0.2, 0) is 47.3 Å². The third kappa shape index (κ3) is 11.7. The molecule has 4 heterocycles. The Hall–Kier alpha value is -9.40. The maximum absolute atomic E-state index is 4.95. The molecule has 8 aromatic carbocycles. The summed E-state index contributed by atoms with van der Waals surface area (Å²) >= 11 is 0. The van der Waals surface area contributed by atoms with Gasteiger partial charge in [0, 0.05) is 79.9 Å². The van der Waals surface area contributed by atoms with Gasteiger partial charge in [-0.2, -0.15) is 0 Å². The molecule has 92 heavy (non-hydrogen) atoms. The first-order valence-corrected chi connectivity index (χ1v) is 33.1. The van der Waals surface area contributed by atoms with Gasteiger partial charge in [0.15, 0.2) is 0 Å². The van der Waals surface area contributed by atoms with E-state index in [1.807, 2.05) is 24.8 Å². The molecule has 0 spiro atoms. The summed E-state index contributed by atoms with van der Waals surface area (Å²) < 4.78 is 0. The Morgan fingerprint density at radius 1 is 0.250 bits per heavy atom. The Kier molecular flexibility index (Phi) is 16.8. The molecule has 0 aliphatic rings. The predicted octanol–water partition coefficient (Wildman–Crippen LogP) is 23.5. The van der Waals surface area contributed by atoms with E-state index < -0.39 is 0 Å². The minimum atomic E-state index is -0.0575. The molecule has 466 valence electrons. The molecule has 0 unspecified atom stereocenters. The summed E-state index contributed by atoms with van der Waals surface area (Å²) in [6.07, 6.45) is 19.2. The second-order valence-electron chi connectivity index (χ2n) is 28.9. The van der Waals surface area contributed by atoms with Crippen LogP contribution in [0.25, 0.3) is 32.3 Å². The lowest BCUT2D eigenvalue weighted by molar-refractivity contribution is 0.590. The van der Waals surface area contributed by atoms with Crippen molar-refractivity contribution in [3.63, 3.8) is 0 Å². The number of hydrogen-bond acceptors (Lipinski definition) is 8. The zero-order valence-corrected chi connectivity index (χ0v) is 57.0. The molecule has 0 saturated heterocycles. The molecule has 0 amide bonds. The molecule has 12 aromatic rings. The molecular formula is C84H90N8. The number of aromatic nitrogens is 4. The Balaban J connectivity index is 1.32. The zero-order valence-electron chi connectivity index (χ0n) is 57.0. The van der Waals surface area contributed by atoms with Crippen molar-refractivity contribution < 1.29 is 0 Å². The maximum atomic E-state index is 4.95. The highest BCUT2D eigenvalue weighted by molar-refractivity contribution is 6.33. The average molecular weight is 1210 g/mol. The van der Waals surface area contributed by atoms with E-state index in [1.165, 1.54) is 44.5 Å². The summed E-state index contributed by atoms with van der Waals surface area (Å²) in [5, 5.41) is 6.70. The van der Waals surface area contributed by atoms with E-state index in [1.54, 1.807) is 0 Å². The van der Waals surface area contributed by atoms with Crippen LogP contribution in [0.5, 0.6) is 0 Å². The van der Waals surface area contributed by atoms with E-state index in [0.717, 1.165) is 126 Å². The summed E-state index contributed by atoms with van der Waals surface area (Å²) in [5.74, 6) is 0. The third-order valence-electron chi connectivity index (χ3n) is 18.8. The molecule has 0 N–H and O–H groups in total. The van der Waals surface area contributed by atoms with Crippen molar-refractivity contribution in [3.8, 4) is 0 Å². The van der Waals surface area contributed by atoms with Gasteiger partial charge < -0.3 is 19.6 Å². The van der Waals surface area contributed by atoms with Crippen molar-refractivity contribution in [2.45, 2.75) is 158 Å². The van der Waals surface area contributed by atoms with Crippen molar-refractivity contribution in [1.82, 2.24) is 19.9 Å². The number of aryl methyl sites for hydroxylation is 4. The van der Waals surface area contributed by atoms with Crippen LogP contribution in [0.1, 0.15) is 155 Å². The number of anilines is 12. The van der Waals surface area contributed by atoms with Crippen molar-refractivity contribution in [2.75, 3.05) is 19.6 Å². The first-order chi connectivity index (χ1) is 44.0. The fourth-order valence-electron chi connectivity index (χ4n) is 13.4. The molecule has 0 aliphatic carbocycles. The number of nitrogens with zero attached hydrogens (tertiary/aromatic N) is 8. The van der Waals surface area contributed by atoms with Gasteiger partial charge in [-0.25, -0.2) is 0 Å². The topological polar surface area (TPSA) is 64.5 Å². The van der Waals surface area contributed by atoms with E-state index in [0.29, 0.717) is 0 Å². The van der Waals surface area contributed by atoms with Crippen molar-refractivity contribution in [2.24, 2.45) is 0 Å². The first kappa shape index (κ1) is 62.8. The average Bonchev–Trinajstić information content (AvgIpc) is 0.700. The van der Waals surface area contributed by atoms with Gasteiger partial charge in [0.1, 0.15) is 0 Å². The highest BCUT2D eigenvalue weighted by Crippen LogP contribution is 2.56. The van der Waals surface area contributed by atoms with Crippen molar-refractivity contribution >= 4 is 101 Å². The number of pyridine rings is 4. The summed E-state index contributed by atoms with van der Waals surface area (Å²) in [4.78, 5) is 29.7. The molecule has 0 atom stereocenters. The van der Waals surface area contributed by atoms with Gasteiger partial charge in [0.2, 0.25) is 0 Å². The fourth-order valence-corrected chi connectivity index (χ4v) is 13.4. The molecule has 8 heteroatoms. The molecular weight excluding hydrogens is 1120 g/mol. The number of benzene rings is 8. The standard InChI is InChI=1S/C84H90N8/c1-17-55-41-45-85-51-75(55)89(63-29-21-59(22-30-63)81(5,6)7)71-49-72(90(76-52-86-46-42-56(76)18-2)64-31-23-60(24-32-64)82(8,9)10)68-39-40-70-74(92(78-54-88-48-44-58(78)20-4)66-35-27-62(28-36-66)84(14,15)16)50-73(69-38-37-67(71)79(68)80(69)70)91(77-53-87-47-43-57(77)19-3)65-33-25-61(26-34-65)83(11,12)13/h21-54H,17-20H2,1-16H3. The summed E-state index contributed by atoms with van der Waals surface area (Å²) in [6.45, 7) is 36.5. The summed E-state index contributed by atoms with van der Waals surface area (Å²) in [7, 11) is 0. The van der Waals surface area contributed by atoms with Gasteiger partial charge in [-0.05, 0) is 177 Å². The Morgan fingerprint density at radius 3 is 0.620 bits per heavy atom. The minimum absolute atomic E-state index is 0.0575. The Morgan fingerprint density at radius 2 is 0.446 bits per heavy atom. The highest BCUT2D eigenvalue weighted by atomic mass is 15.2. The monoisotopic (exact) mass is 1210 g/mol. The molecule has 0 saturated carbocycles. The lowest BCUT2D eigenvalue weighted by Crippen LogP contribution is -2.18. The second-order valence-corrected chi connectivity index (χ2v) is 28.9. The van der Waals surface area contributed by atoms with Crippen LogP contribution in [-0.4, -0.2) is 19.9 Å². The number of rotatable bonds is 16. The maximum Gasteiger partial charge on any atom is 0.0677 e. The van der Waals surface area contributed by atoms with Gasteiger partial charge >= 0.3 is 0 Å². The molecule has 0 radical (unpaired) electrons. The van der Waals surface area contributed by atoms with Crippen LogP contribution in [0.15, 0.2) is 207 Å². The summed E-state index contributed by atoms with van der Waals surface area (Å²) in [6, 6.07) is 60.2. The quantitative estimate of drug-likeness (QED) is 0.0887.